The Bertz CT molecular complexity index is 3000. The molecule has 0 spiro atoms. The van der Waals surface area contributed by atoms with Gasteiger partial charge in [0.15, 0.2) is 0 Å². The van der Waals surface area contributed by atoms with E-state index in [1.54, 1.807) is 6.08 Å². The number of hydrogen-bond acceptors (Lipinski definition) is 3. The molecule has 3 aliphatic carbocycles. The quantitative estimate of drug-likeness (QED) is 0.159. The molecule has 0 saturated heterocycles. The summed E-state index contributed by atoms with van der Waals surface area (Å²) in [6, 6.07) is 33.4. The fourth-order valence-corrected chi connectivity index (χ4v) is 10.4. The summed E-state index contributed by atoms with van der Waals surface area (Å²) < 4.78 is 3.83. The van der Waals surface area contributed by atoms with Crippen LogP contribution >= 0.6 is 11.3 Å². The van der Waals surface area contributed by atoms with Gasteiger partial charge >= 0.3 is 0 Å². The Morgan fingerprint density at radius 1 is 0.701 bits per heavy atom. The van der Waals surface area contributed by atoms with E-state index in [4.69, 9.17) is 4.99 Å². The smallest absolute Gasteiger partial charge is 0.145 e. The molecule has 4 aliphatic rings. The van der Waals surface area contributed by atoms with Gasteiger partial charge in [-0.15, -0.1) is 11.3 Å². The first-order valence-electron chi connectivity index (χ1n) is 23.9. The van der Waals surface area contributed by atoms with Crippen LogP contribution in [0.15, 0.2) is 200 Å². The van der Waals surface area contributed by atoms with Crippen molar-refractivity contribution in [2.24, 2.45) is 10.9 Å². The molecule has 0 bridgehead atoms. The lowest BCUT2D eigenvalue weighted by Crippen LogP contribution is -2.20. The number of rotatable bonds is 7. The van der Waals surface area contributed by atoms with E-state index in [1.165, 1.54) is 60.6 Å². The third-order valence-corrected chi connectivity index (χ3v) is 13.6. The second-order valence-electron chi connectivity index (χ2n) is 17.5. The molecule has 0 radical (unpaired) electrons. The Morgan fingerprint density at radius 2 is 1.46 bits per heavy atom. The summed E-state index contributed by atoms with van der Waals surface area (Å²) >= 11 is 1.92. The standard InChI is InChI=1S/C50H41N3S.C8H14.C5H8/c1-33-13-4-2-5-15-40-39-14-6-3-7-21-45(39)53(46(40)32-23-33)37-30-28-36(29-31-37)50-51-44-20-10-8-17-43(44)48(52-50)35-26-24-34(25-27-35)38-18-12-19-42-41-16-9-11-22-47(41)54-49(38)42;1-4-5-6-7-8(2)3;1-3-5-4-2/h2,4-5,7-8,10-13,17-32,50-51H,1,3,6,9,14-16H2;4-8H,1-3H3;3-5H,1H2,2H3/b5-2-,13-4-,32-23-;5-4-,7-6-;5-4-. The summed E-state index contributed by atoms with van der Waals surface area (Å²) in [6.07, 6.45) is 42.4. The number of allylic oxidation sites excluding steroid dienone is 15. The second-order valence-corrected chi connectivity index (χ2v) is 18.5. The number of para-hydroxylation sites is 1. The largest absolute Gasteiger partial charge is 0.360 e. The summed E-state index contributed by atoms with van der Waals surface area (Å²) in [4.78, 5) is 6.81. The summed E-state index contributed by atoms with van der Waals surface area (Å²) in [5, 5.41) is 5.15. The summed E-state index contributed by atoms with van der Waals surface area (Å²) in [7, 11) is 0. The van der Waals surface area contributed by atoms with Gasteiger partial charge in [0.25, 0.3) is 0 Å². The van der Waals surface area contributed by atoms with Crippen LogP contribution in [0.5, 0.6) is 0 Å². The monoisotopic (exact) mass is 893 g/mol. The predicted octanol–water partition coefficient (Wildman–Crippen LogP) is 17.4. The van der Waals surface area contributed by atoms with Gasteiger partial charge in [0.2, 0.25) is 0 Å². The van der Waals surface area contributed by atoms with Gasteiger partial charge < -0.3 is 9.88 Å². The second kappa shape index (κ2) is 22.5. The maximum atomic E-state index is 5.40. The zero-order valence-electron chi connectivity index (χ0n) is 39.6. The fraction of sp³-hybridized carbons (Fsp3) is 0.190. The minimum Gasteiger partial charge on any atom is -0.360 e. The molecule has 67 heavy (non-hydrogen) atoms. The molecular formula is C63H63N3S. The number of anilines is 1. The molecule has 0 fully saturated rings. The van der Waals surface area contributed by atoms with E-state index in [0.29, 0.717) is 5.92 Å². The van der Waals surface area contributed by atoms with Crippen LogP contribution in [0.4, 0.5) is 5.69 Å². The van der Waals surface area contributed by atoms with Crippen LogP contribution in [0, 0.1) is 5.92 Å². The first-order chi connectivity index (χ1) is 32.9. The molecule has 336 valence electrons. The highest BCUT2D eigenvalue weighted by Gasteiger charge is 2.25. The predicted molar refractivity (Wildman–Crippen MR) is 295 cm³/mol. The van der Waals surface area contributed by atoms with Crippen LogP contribution in [0.25, 0.3) is 45.1 Å². The van der Waals surface area contributed by atoms with Crippen molar-refractivity contribution < 1.29 is 0 Å². The lowest BCUT2D eigenvalue weighted by atomic mass is 9.94. The van der Waals surface area contributed by atoms with Crippen molar-refractivity contribution in [3.63, 3.8) is 0 Å². The normalized spacial score (nSPS) is 17.5. The fourth-order valence-electron chi connectivity index (χ4n) is 9.08. The number of nitrogens with one attached hydrogen (secondary N) is 1. The maximum absolute atomic E-state index is 5.40. The molecule has 3 nitrogen and oxygen atoms in total. The molecule has 0 amide bonds. The SMILES string of the molecule is C/C=C\C=C/C(C)C.C=C/C=C\C.C=C1/C=C\C=C/Cc2c3c(n(-c4ccc(C5N=C(c6ccc(-c7cccc8c9c(sc78)C=CCC9)cc6)c6ccccc6N5)cc4)c2/C=C\1)C=CCCC3. The Kier molecular flexibility index (Phi) is 15.6. The Hall–Kier alpha value is -7.01. The Labute approximate surface area is 403 Å². The highest BCUT2D eigenvalue weighted by molar-refractivity contribution is 7.20. The van der Waals surface area contributed by atoms with E-state index in [2.05, 4.69) is 201 Å². The third kappa shape index (κ3) is 10.8. The van der Waals surface area contributed by atoms with E-state index in [-0.39, 0.29) is 6.17 Å². The molecule has 1 unspecified atom stereocenters. The van der Waals surface area contributed by atoms with E-state index in [0.717, 1.165) is 71.5 Å². The number of thiophene rings is 1. The maximum Gasteiger partial charge on any atom is 0.145 e. The van der Waals surface area contributed by atoms with Crippen LogP contribution in [0.1, 0.15) is 103 Å². The molecule has 4 heteroatoms. The molecule has 1 atom stereocenters. The minimum absolute atomic E-state index is 0.211. The van der Waals surface area contributed by atoms with Crippen LogP contribution < -0.4 is 5.32 Å². The summed E-state index contributed by atoms with van der Waals surface area (Å²) in [5.41, 5.74) is 17.1. The first-order valence-corrected chi connectivity index (χ1v) is 24.7. The van der Waals surface area contributed by atoms with Gasteiger partial charge in [0.05, 0.1) is 11.4 Å². The van der Waals surface area contributed by atoms with Gasteiger partial charge in [0, 0.05) is 37.8 Å². The molecule has 3 heterocycles. The number of hydrogen-bond donors (Lipinski definition) is 1. The molecule has 2 aromatic heterocycles. The number of aromatic nitrogens is 1. The van der Waals surface area contributed by atoms with Crippen molar-refractivity contribution >= 4 is 51.1 Å². The molecule has 10 rings (SSSR count). The Balaban J connectivity index is 0.000000414. The van der Waals surface area contributed by atoms with Crippen molar-refractivity contribution in [3.8, 4) is 16.8 Å². The first kappa shape index (κ1) is 46.5. The van der Waals surface area contributed by atoms with Gasteiger partial charge in [0.1, 0.15) is 6.17 Å². The molecule has 4 aromatic carbocycles. The molecular weight excluding hydrogens is 831 g/mol. The van der Waals surface area contributed by atoms with Crippen LogP contribution in [-0.4, -0.2) is 10.3 Å². The number of aliphatic imine (C=N–C) groups is 1. The van der Waals surface area contributed by atoms with Crippen molar-refractivity contribution in [2.75, 3.05) is 5.32 Å². The molecule has 1 N–H and O–H groups in total. The minimum atomic E-state index is -0.211. The van der Waals surface area contributed by atoms with Crippen LogP contribution in [0.3, 0.4) is 0 Å². The van der Waals surface area contributed by atoms with Crippen molar-refractivity contribution in [2.45, 2.75) is 72.4 Å². The van der Waals surface area contributed by atoms with E-state index in [1.807, 2.05) is 49.5 Å². The Morgan fingerprint density at radius 3 is 2.24 bits per heavy atom. The van der Waals surface area contributed by atoms with E-state index < -0.39 is 0 Å². The van der Waals surface area contributed by atoms with Gasteiger partial charge in [-0.25, -0.2) is 0 Å². The zero-order chi connectivity index (χ0) is 46.5. The van der Waals surface area contributed by atoms with Crippen molar-refractivity contribution in [1.82, 2.24) is 4.57 Å². The van der Waals surface area contributed by atoms with Gasteiger partial charge in [-0.2, -0.15) is 0 Å². The highest BCUT2D eigenvalue weighted by Crippen LogP contribution is 2.42. The van der Waals surface area contributed by atoms with Crippen molar-refractivity contribution in [3.05, 3.63) is 244 Å². The van der Waals surface area contributed by atoms with Gasteiger partial charge in [-0.3, -0.25) is 4.99 Å². The average molecular weight is 894 g/mol. The van der Waals surface area contributed by atoms with Crippen molar-refractivity contribution in [1.29, 1.82) is 0 Å². The van der Waals surface area contributed by atoms with Gasteiger partial charge in [-0.05, 0) is 139 Å². The van der Waals surface area contributed by atoms with Gasteiger partial charge in [-0.1, -0.05) is 185 Å². The number of fused-ring (bicyclic) bond motifs is 7. The lowest BCUT2D eigenvalue weighted by molar-refractivity contribution is 0.827. The van der Waals surface area contributed by atoms with Crippen LogP contribution in [-0.2, 0) is 19.3 Å². The summed E-state index contributed by atoms with van der Waals surface area (Å²) in [5.74, 6) is 0.672. The van der Waals surface area contributed by atoms with E-state index >= 15 is 0 Å². The summed E-state index contributed by atoms with van der Waals surface area (Å²) in [6.45, 7) is 16.0. The topological polar surface area (TPSA) is 29.3 Å². The molecule has 0 saturated carbocycles. The number of nitrogens with zero attached hydrogens (tertiary/aromatic N) is 2. The molecule has 1 aliphatic heterocycles. The lowest BCUT2D eigenvalue weighted by Gasteiger charge is -2.26. The van der Waals surface area contributed by atoms with Crippen LogP contribution in [0.2, 0.25) is 0 Å². The number of aryl methyl sites for hydroxylation is 1. The zero-order valence-corrected chi connectivity index (χ0v) is 40.4. The molecule has 6 aromatic rings. The third-order valence-electron chi connectivity index (χ3n) is 12.3. The average Bonchev–Trinajstić information content (AvgIpc) is 3.77. The highest BCUT2D eigenvalue weighted by atomic mass is 32.1. The number of benzene rings is 4. The van der Waals surface area contributed by atoms with E-state index in [9.17, 15) is 0 Å².